The maximum atomic E-state index is 10.2. The fourth-order valence-electron chi connectivity index (χ4n) is 2.92. The Kier molecular flexibility index (Phi) is 4.63. The summed E-state index contributed by atoms with van der Waals surface area (Å²) in [6.45, 7) is 1.64. The van der Waals surface area contributed by atoms with Crippen molar-refractivity contribution in [1.82, 2.24) is 19.5 Å². The number of hydrogen-bond donors (Lipinski definition) is 3. The molecule has 0 amide bonds. The van der Waals surface area contributed by atoms with Crippen LogP contribution in [0.25, 0.3) is 11.2 Å². The van der Waals surface area contributed by atoms with Crippen LogP contribution in [0.1, 0.15) is 11.8 Å². The van der Waals surface area contributed by atoms with Crippen LogP contribution >= 0.6 is 11.8 Å². The molecule has 0 aliphatic carbocycles. The second-order valence-corrected chi connectivity index (χ2v) is 7.21. The van der Waals surface area contributed by atoms with Gasteiger partial charge < -0.3 is 20.1 Å². The molecule has 4 rings (SSSR count). The number of aliphatic hydroxyl groups is 3. The minimum absolute atomic E-state index is 0.384. The van der Waals surface area contributed by atoms with Gasteiger partial charge in [-0.2, -0.15) is 0 Å². The Bertz CT molecular complexity index is 917. The highest BCUT2D eigenvalue weighted by Crippen LogP contribution is 2.34. The molecule has 1 aromatic carbocycles. The van der Waals surface area contributed by atoms with E-state index in [2.05, 4.69) is 15.0 Å². The van der Waals surface area contributed by atoms with Gasteiger partial charge in [-0.3, -0.25) is 4.57 Å². The van der Waals surface area contributed by atoms with E-state index in [4.69, 9.17) is 4.74 Å². The highest BCUT2D eigenvalue weighted by Gasteiger charge is 2.44. The van der Waals surface area contributed by atoms with E-state index in [0.29, 0.717) is 16.2 Å². The lowest BCUT2D eigenvalue weighted by Gasteiger charge is -2.16. The van der Waals surface area contributed by atoms with Crippen LogP contribution in [0, 0.1) is 6.92 Å². The molecule has 8 nitrogen and oxygen atoms in total. The summed E-state index contributed by atoms with van der Waals surface area (Å²) in [6, 6.07) is 8.07. The Hall–Kier alpha value is -2.04. The molecule has 0 unspecified atom stereocenters. The first-order valence-electron chi connectivity index (χ1n) is 8.13. The topological polar surface area (TPSA) is 114 Å². The molecule has 1 fully saturated rings. The van der Waals surface area contributed by atoms with Gasteiger partial charge in [-0.15, -0.1) is 0 Å². The third-order valence-electron chi connectivity index (χ3n) is 4.35. The average Bonchev–Trinajstić information content (AvgIpc) is 3.19. The number of aryl methyl sites for hydroxylation is 1. The molecule has 1 aliphatic heterocycles. The van der Waals surface area contributed by atoms with Gasteiger partial charge >= 0.3 is 0 Å². The SMILES string of the molecule is Cc1ccc(Sc2ncnc3c2ncn3[C@@H]2O[C@@H](CO)[C@@H](O)[C@H]2O)cc1. The molecule has 9 heteroatoms. The molecule has 3 N–H and O–H groups in total. The highest BCUT2D eigenvalue weighted by atomic mass is 32.2. The van der Waals surface area contributed by atoms with Gasteiger partial charge in [0.15, 0.2) is 11.9 Å². The van der Waals surface area contributed by atoms with Crippen LogP contribution in [0.15, 0.2) is 46.8 Å². The summed E-state index contributed by atoms with van der Waals surface area (Å²) in [5.74, 6) is 0. The van der Waals surface area contributed by atoms with Crippen LogP contribution < -0.4 is 0 Å². The molecule has 3 heterocycles. The number of ether oxygens (including phenoxy) is 1. The predicted octanol–water partition coefficient (Wildman–Crippen LogP) is 0.897. The molecule has 2 aromatic heterocycles. The van der Waals surface area contributed by atoms with Gasteiger partial charge in [-0.25, -0.2) is 15.0 Å². The van der Waals surface area contributed by atoms with Crippen LogP contribution in [0.3, 0.4) is 0 Å². The van der Waals surface area contributed by atoms with E-state index in [1.807, 2.05) is 31.2 Å². The van der Waals surface area contributed by atoms with E-state index in [-0.39, 0.29) is 6.61 Å². The minimum atomic E-state index is -1.19. The van der Waals surface area contributed by atoms with E-state index in [1.54, 1.807) is 4.57 Å². The summed E-state index contributed by atoms with van der Waals surface area (Å²) >= 11 is 1.47. The van der Waals surface area contributed by atoms with Crippen LogP contribution in [-0.4, -0.2) is 59.8 Å². The summed E-state index contributed by atoms with van der Waals surface area (Å²) < 4.78 is 7.12. The normalized spacial score (nSPS) is 25.8. The molecule has 0 bridgehead atoms. The van der Waals surface area contributed by atoms with E-state index in [1.165, 1.54) is 30.0 Å². The number of benzene rings is 1. The molecule has 0 saturated carbocycles. The van der Waals surface area contributed by atoms with Crippen molar-refractivity contribution in [2.45, 2.75) is 41.4 Å². The number of rotatable bonds is 4. The quantitative estimate of drug-likeness (QED) is 0.577. The zero-order valence-electron chi connectivity index (χ0n) is 13.9. The van der Waals surface area contributed by atoms with Gasteiger partial charge in [0.05, 0.1) is 12.9 Å². The van der Waals surface area contributed by atoms with Crippen molar-refractivity contribution in [2.75, 3.05) is 6.61 Å². The standard InChI is InChI=1S/C17H18N4O4S/c1-9-2-4-10(5-3-9)26-16-12-15(18-7-19-16)21(8-20-12)17-14(24)13(23)11(6-22)25-17/h2-5,7-8,11,13-14,17,22-24H,6H2,1H3/t11-,13+,14+,17+/m0/s1. The maximum absolute atomic E-state index is 10.2. The minimum Gasteiger partial charge on any atom is -0.394 e. The molecule has 3 aromatic rings. The van der Waals surface area contributed by atoms with Crippen molar-refractivity contribution in [2.24, 2.45) is 0 Å². The summed E-state index contributed by atoms with van der Waals surface area (Å²) in [5.41, 5.74) is 2.25. The summed E-state index contributed by atoms with van der Waals surface area (Å²) in [5, 5.41) is 30.1. The predicted molar refractivity (Wildman–Crippen MR) is 93.6 cm³/mol. The lowest BCUT2D eigenvalue weighted by Crippen LogP contribution is -2.33. The Labute approximate surface area is 153 Å². The monoisotopic (exact) mass is 374 g/mol. The smallest absolute Gasteiger partial charge is 0.166 e. The van der Waals surface area contributed by atoms with Crippen molar-refractivity contribution < 1.29 is 20.1 Å². The van der Waals surface area contributed by atoms with Gasteiger partial charge in [0, 0.05) is 4.90 Å². The Morgan fingerprint density at radius 1 is 1.12 bits per heavy atom. The molecule has 26 heavy (non-hydrogen) atoms. The van der Waals surface area contributed by atoms with Crippen molar-refractivity contribution in [3.05, 3.63) is 42.5 Å². The third kappa shape index (κ3) is 2.97. The molecule has 1 aliphatic rings. The van der Waals surface area contributed by atoms with Gasteiger partial charge in [0.1, 0.15) is 35.2 Å². The molecular weight excluding hydrogens is 356 g/mol. The van der Waals surface area contributed by atoms with E-state index in [0.717, 1.165) is 4.90 Å². The van der Waals surface area contributed by atoms with Crippen LogP contribution in [0.5, 0.6) is 0 Å². The van der Waals surface area contributed by atoms with Crippen molar-refractivity contribution >= 4 is 22.9 Å². The summed E-state index contributed by atoms with van der Waals surface area (Å²) in [6.07, 6.45) is -1.16. The van der Waals surface area contributed by atoms with Crippen LogP contribution in [-0.2, 0) is 4.74 Å². The summed E-state index contributed by atoms with van der Waals surface area (Å²) in [7, 11) is 0. The lowest BCUT2D eigenvalue weighted by molar-refractivity contribution is -0.0511. The highest BCUT2D eigenvalue weighted by molar-refractivity contribution is 7.99. The van der Waals surface area contributed by atoms with Crippen molar-refractivity contribution in [1.29, 1.82) is 0 Å². The molecule has 136 valence electrons. The Morgan fingerprint density at radius 2 is 1.88 bits per heavy atom. The van der Waals surface area contributed by atoms with E-state index >= 15 is 0 Å². The van der Waals surface area contributed by atoms with Crippen LogP contribution in [0.4, 0.5) is 0 Å². The average molecular weight is 374 g/mol. The van der Waals surface area contributed by atoms with Gasteiger partial charge in [0.25, 0.3) is 0 Å². The largest absolute Gasteiger partial charge is 0.394 e. The zero-order chi connectivity index (χ0) is 18.3. The first-order chi connectivity index (χ1) is 12.6. The fourth-order valence-corrected chi connectivity index (χ4v) is 3.76. The van der Waals surface area contributed by atoms with Crippen LogP contribution in [0.2, 0.25) is 0 Å². The number of aromatic nitrogens is 4. The molecular formula is C17H18N4O4S. The third-order valence-corrected chi connectivity index (χ3v) is 5.35. The molecule has 0 spiro atoms. The number of fused-ring (bicyclic) bond motifs is 1. The van der Waals surface area contributed by atoms with Gasteiger partial charge in [-0.1, -0.05) is 29.5 Å². The molecule has 4 atom stereocenters. The second-order valence-electron chi connectivity index (χ2n) is 6.15. The number of aliphatic hydroxyl groups excluding tert-OH is 3. The summed E-state index contributed by atoms with van der Waals surface area (Å²) in [4.78, 5) is 14.0. The number of hydrogen-bond acceptors (Lipinski definition) is 8. The van der Waals surface area contributed by atoms with Gasteiger partial charge in [-0.05, 0) is 19.1 Å². The second kappa shape index (κ2) is 6.93. The zero-order valence-corrected chi connectivity index (χ0v) is 14.7. The molecule has 1 saturated heterocycles. The van der Waals surface area contributed by atoms with E-state index in [9.17, 15) is 15.3 Å². The Balaban J connectivity index is 1.68. The first-order valence-corrected chi connectivity index (χ1v) is 8.94. The number of nitrogens with zero attached hydrogens (tertiary/aromatic N) is 4. The maximum Gasteiger partial charge on any atom is 0.166 e. The number of imidazole rings is 1. The van der Waals surface area contributed by atoms with E-state index < -0.39 is 24.5 Å². The fraction of sp³-hybridized carbons (Fsp3) is 0.353. The van der Waals surface area contributed by atoms with Crippen molar-refractivity contribution in [3.8, 4) is 0 Å². The first kappa shape index (κ1) is 17.4. The van der Waals surface area contributed by atoms with Gasteiger partial charge in [0.2, 0.25) is 0 Å². The molecule has 0 radical (unpaired) electrons. The lowest BCUT2D eigenvalue weighted by atomic mass is 10.1. The Morgan fingerprint density at radius 3 is 2.58 bits per heavy atom. The van der Waals surface area contributed by atoms with Crippen molar-refractivity contribution in [3.63, 3.8) is 0 Å².